The summed E-state index contributed by atoms with van der Waals surface area (Å²) >= 11 is 6.38. The van der Waals surface area contributed by atoms with Gasteiger partial charge in [-0.1, -0.05) is 11.6 Å². The summed E-state index contributed by atoms with van der Waals surface area (Å²) in [5, 5.41) is 7.43. The molecule has 1 aromatic carbocycles. The number of halogens is 1. The Labute approximate surface area is 159 Å². The maximum Gasteiger partial charge on any atom is 0.191 e. The van der Waals surface area contributed by atoms with Gasteiger partial charge < -0.3 is 24.8 Å². The maximum absolute atomic E-state index is 6.38. The van der Waals surface area contributed by atoms with Crippen LogP contribution in [-0.4, -0.2) is 44.0 Å². The van der Waals surface area contributed by atoms with Gasteiger partial charge in [-0.05, 0) is 43.9 Å². The molecule has 2 N–H and O–H groups in total. The minimum absolute atomic E-state index is 0.316. The van der Waals surface area contributed by atoms with Gasteiger partial charge in [-0.2, -0.15) is 0 Å². The number of ether oxygens (including phenoxy) is 3. The molecule has 1 aromatic rings. The average Bonchev–Trinajstić information content (AvgIpc) is 3.16. The lowest BCUT2D eigenvalue weighted by molar-refractivity contribution is 0.0992. The van der Waals surface area contributed by atoms with Gasteiger partial charge in [-0.3, -0.25) is 0 Å². The van der Waals surface area contributed by atoms with Gasteiger partial charge >= 0.3 is 0 Å². The summed E-state index contributed by atoms with van der Waals surface area (Å²) < 4.78 is 17.4. The Morgan fingerprint density at radius 1 is 1.27 bits per heavy atom. The van der Waals surface area contributed by atoms with Crippen molar-refractivity contribution in [1.29, 1.82) is 0 Å². The highest BCUT2D eigenvalue weighted by atomic mass is 35.5. The molecule has 26 heavy (non-hydrogen) atoms. The molecule has 3 unspecified atom stereocenters. The summed E-state index contributed by atoms with van der Waals surface area (Å²) in [4.78, 5) is 4.73. The Bertz CT molecular complexity index is 682. The van der Waals surface area contributed by atoms with Gasteiger partial charge in [-0.15, -0.1) is 0 Å². The molecule has 0 radical (unpaired) electrons. The topological polar surface area (TPSA) is 64.1 Å². The number of guanidine groups is 1. The molecule has 2 bridgehead atoms. The van der Waals surface area contributed by atoms with Gasteiger partial charge in [0.05, 0.1) is 43.0 Å². The Morgan fingerprint density at radius 3 is 2.92 bits per heavy atom. The standard InChI is InChI=1S/C19H26ClN3O3/c1-2-21-19(23-15-10-13-4-5-16(15)26-13)22-11-12-8-14(20)18-17(9-12)24-6-3-7-25-18/h8-9,13,15-16H,2-7,10-11H2,1H3,(H2,21,22,23). The van der Waals surface area contributed by atoms with Gasteiger partial charge in [0.15, 0.2) is 17.5 Å². The average molecular weight is 380 g/mol. The molecule has 0 saturated carbocycles. The fraction of sp³-hybridized carbons (Fsp3) is 0.632. The van der Waals surface area contributed by atoms with Crippen molar-refractivity contribution in [1.82, 2.24) is 10.6 Å². The lowest BCUT2D eigenvalue weighted by atomic mass is 9.96. The molecule has 0 amide bonds. The zero-order valence-corrected chi connectivity index (χ0v) is 15.8. The van der Waals surface area contributed by atoms with Crippen molar-refractivity contribution in [2.45, 2.75) is 57.4 Å². The third-order valence-electron chi connectivity index (χ3n) is 5.05. The Balaban J connectivity index is 1.45. The summed E-state index contributed by atoms with van der Waals surface area (Å²) in [7, 11) is 0. The Kier molecular flexibility index (Phi) is 5.41. The normalized spacial score (nSPS) is 27.3. The van der Waals surface area contributed by atoms with Crippen molar-refractivity contribution in [2.24, 2.45) is 4.99 Å². The number of benzene rings is 1. The summed E-state index contributed by atoms with van der Waals surface area (Å²) in [6.45, 7) is 4.68. The number of nitrogens with zero attached hydrogens (tertiary/aromatic N) is 1. The summed E-state index contributed by atoms with van der Waals surface area (Å²) in [5.74, 6) is 2.16. The van der Waals surface area contributed by atoms with Crippen molar-refractivity contribution < 1.29 is 14.2 Å². The first-order valence-electron chi connectivity index (χ1n) is 9.51. The number of hydrogen-bond acceptors (Lipinski definition) is 4. The number of aliphatic imine (C=N–C) groups is 1. The van der Waals surface area contributed by atoms with E-state index < -0.39 is 0 Å². The molecule has 3 atom stereocenters. The van der Waals surface area contributed by atoms with Crippen LogP contribution in [0, 0.1) is 0 Å². The molecule has 142 valence electrons. The zero-order chi connectivity index (χ0) is 17.9. The smallest absolute Gasteiger partial charge is 0.191 e. The molecule has 0 aromatic heterocycles. The van der Waals surface area contributed by atoms with Crippen LogP contribution < -0.4 is 20.1 Å². The number of hydrogen-bond donors (Lipinski definition) is 2. The van der Waals surface area contributed by atoms with E-state index in [4.69, 9.17) is 30.8 Å². The van der Waals surface area contributed by atoms with E-state index in [2.05, 4.69) is 17.6 Å². The molecule has 2 saturated heterocycles. The molecule has 4 rings (SSSR count). The van der Waals surface area contributed by atoms with E-state index in [-0.39, 0.29) is 0 Å². The molecular formula is C19H26ClN3O3. The predicted octanol–water partition coefficient (Wildman–Crippen LogP) is 2.88. The molecule has 3 aliphatic rings. The van der Waals surface area contributed by atoms with Gasteiger partial charge in [0, 0.05) is 13.0 Å². The second-order valence-electron chi connectivity index (χ2n) is 7.01. The highest BCUT2D eigenvalue weighted by Gasteiger charge is 2.41. The van der Waals surface area contributed by atoms with Crippen molar-refractivity contribution in [3.8, 4) is 11.5 Å². The summed E-state index contributed by atoms with van der Waals surface area (Å²) in [6.07, 6.45) is 4.98. The Hall–Kier alpha value is -1.66. The fourth-order valence-corrected chi connectivity index (χ4v) is 4.12. The molecular weight excluding hydrogens is 354 g/mol. The zero-order valence-electron chi connectivity index (χ0n) is 15.1. The quantitative estimate of drug-likeness (QED) is 0.622. The first-order valence-corrected chi connectivity index (χ1v) is 9.89. The van der Waals surface area contributed by atoms with E-state index in [0.29, 0.717) is 54.5 Å². The lowest BCUT2D eigenvalue weighted by Crippen LogP contribution is -2.47. The van der Waals surface area contributed by atoms with Crippen molar-refractivity contribution in [3.63, 3.8) is 0 Å². The van der Waals surface area contributed by atoms with Crippen LogP contribution in [0.2, 0.25) is 5.02 Å². The molecule has 0 aliphatic carbocycles. The van der Waals surface area contributed by atoms with E-state index in [9.17, 15) is 0 Å². The van der Waals surface area contributed by atoms with Crippen LogP contribution in [0.5, 0.6) is 11.5 Å². The first-order chi connectivity index (χ1) is 12.7. The number of nitrogens with one attached hydrogen (secondary N) is 2. The van der Waals surface area contributed by atoms with Gasteiger partial charge in [0.1, 0.15) is 0 Å². The van der Waals surface area contributed by atoms with Gasteiger partial charge in [-0.25, -0.2) is 4.99 Å². The third kappa shape index (κ3) is 3.86. The largest absolute Gasteiger partial charge is 0.489 e. The number of fused-ring (bicyclic) bond motifs is 3. The van der Waals surface area contributed by atoms with Crippen molar-refractivity contribution in [2.75, 3.05) is 19.8 Å². The second kappa shape index (κ2) is 7.92. The molecule has 3 heterocycles. The van der Waals surface area contributed by atoms with E-state index in [1.54, 1.807) is 0 Å². The second-order valence-corrected chi connectivity index (χ2v) is 7.42. The summed E-state index contributed by atoms with van der Waals surface area (Å²) in [5.41, 5.74) is 1.00. The van der Waals surface area contributed by atoms with Gasteiger partial charge in [0.2, 0.25) is 0 Å². The van der Waals surface area contributed by atoms with Crippen LogP contribution in [0.1, 0.15) is 38.2 Å². The van der Waals surface area contributed by atoms with Crippen molar-refractivity contribution in [3.05, 3.63) is 22.7 Å². The minimum atomic E-state index is 0.316. The van der Waals surface area contributed by atoms with Crippen LogP contribution >= 0.6 is 11.6 Å². The SMILES string of the molecule is CCNC(=NCc1cc(Cl)c2c(c1)OCCCO2)NC1CC2CCC1O2. The molecule has 2 fully saturated rings. The number of rotatable bonds is 4. The monoisotopic (exact) mass is 379 g/mol. The van der Waals surface area contributed by atoms with E-state index in [1.165, 1.54) is 6.42 Å². The molecule has 6 nitrogen and oxygen atoms in total. The van der Waals surface area contributed by atoms with Crippen LogP contribution in [0.15, 0.2) is 17.1 Å². The fourth-order valence-electron chi connectivity index (χ4n) is 3.83. The highest BCUT2D eigenvalue weighted by Crippen LogP contribution is 2.38. The lowest BCUT2D eigenvalue weighted by Gasteiger charge is -2.22. The minimum Gasteiger partial charge on any atom is -0.489 e. The first kappa shape index (κ1) is 17.7. The van der Waals surface area contributed by atoms with E-state index >= 15 is 0 Å². The molecule has 0 spiro atoms. The summed E-state index contributed by atoms with van der Waals surface area (Å²) in [6, 6.07) is 4.22. The van der Waals surface area contributed by atoms with E-state index in [0.717, 1.165) is 37.3 Å². The highest BCUT2D eigenvalue weighted by molar-refractivity contribution is 6.32. The van der Waals surface area contributed by atoms with Crippen LogP contribution in [-0.2, 0) is 11.3 Å². The Morgan fingerprint density at radius 2 is 2.15 bits per heavy atom. The van der Waals surface area contributed by atoms with Gasteiger partial charge in [0.25, 0.3) is 0 Å². The van der Waals surface area contributed by atoms with E-state index in [1.807, 2.05) is 12.1 Å². The molecule has 7 heteroatoms. The third-order valence-corrected chi connectivity index (χ3v) is 5.33. The van der Waals surface area contributed by atoms with Crippen LogP contribution in [0.25, 0.3) is 0 Å². The van der Waals surface area contributed by atoms with Crippen LogP contribution in [0.3, 0.4) is 0 Å². The van der Waals surface area contributed by atoms with Crippen LogP contribution in [0.4, 0.5) is 0 Å². The predicted molar refractivity (Wildman–Crippen MR) is 101 cm³/mol. The maximum atomic E-state index is 6.38. The van der Waals surface area contributed by atoms with Crippen molar-refractivity contribution >= 4 is 17.6 Å². The molecule has 3 aliphatic heterocycles.